The molecule has 7 nitrogen and oxygen atoms in total. The van der Waals surface area contributed by atoms with Crippen LogP contribution in [-0.2, 0) is 54.1 Å². The van der Waals surface area contributed by atoms with Crippen LogP contribution in [0.5, 0.6) is 0 Å². The van der Waals surface area contributed by atoms with Crippen molar-refractivity contribution in [3.05, 3.63) is 141 Å². The molecule has 4 aromatic carbocycles. The van der Waals surface area contributed by atoms with Crippen LogP contribution in [0.3, 0.4) is 0 Å². The van der Waals surface area contributed by atoms with E-state index in [1.807, 2.05) is 25.1 Å². The number of unbranched alkanes of at least 4 members (excludes halogenated alkanes) is 1. The van der Waals surface area contributed by atoms with Crippen LogP contribution >= 0.6 is 0 Å². The summed E-state index contributed by atoms with van der Waals surface area (Å²) in [4.78, 5) is 8.11. The number of aryl methyl sites for hydroxylation is 5. The predicted molar refractivity (Wildman–Crippen MR) is 336 cm³/mol. The summed E-state index contributed by atoms with van der Waals surface area (Å²) < 4.78 is 142. The third-order valence-corrected chi connectivity index (χ3v) is 19.4. The number of benzene rings is 4. The number of hydrogen-bond donors (Lipinski definition) is 0. The molecule has 3 aliphatic heterocycles. The SMILES string of the molecule is CCCC1CCC(C2COC(C3CCC(CCc4ccc(C)c(F)c4)CC3)OC2)CC1.CCCC1COC(C2CCC(c3ccc(CCc4cccc(F)c4)c(F)c3)CC2)OC1.CCCC1COC(CCCCc2ccc(F)c(F)c2)OC1.FCF.O=C(F)F. The minimum absolute atomic E-state index is 0.0276. The van der Waals surface area contributed by atoms with Crippen molar-refractivity contribution in [2.24, 2.45) is 47.3 Å². The van der Waals surface area contributed by atoms with Crippen molar-refractivity contribution >= 4 is 6.29 Å². The highest BCUT2D eigenvalue weighted by atomic mass is 19.3. The average Bonchev–Trinajstić information content (AvgIpc) is 2.19. The van der Waals surface area contributed by atoms with E-state index in [4.69, 9.17) is 33.2 Å². The minimum Gasteiger partial charge on any atom is -0.352 e. The molecule has 0 aromatic heterocycles. The molecule has 3 aliphatic carbocycles. The van der Waals surface area contributed by atoms with Gasteiger partial charge < -0.3 is 28.4 Å². The molecule has 4 aromatic rings. The highest BCUT2D eigenvalue weighted by Gasteiger charge is 2.37. The number of hydrogen-bond acceptors (Lipinski definition) is 7. The van der Waals surface area contributed by atoms with Crippen LogP contribution < -0.4 is 0 Å². The van der Waals surface area contributed by atoms with Gasteiger partial charge in [0.1, 0.15) is 17.5 Å². The second-order valence-corrected chi connectivity index (χ2v) is 26.1. The topological polar surface area (TPSA) is 72.5 Å². The number of carbonyl (C=O) groups excluding carboxylic acids is 1. The van der Waals surface area contributed by atoms with Crippen LogP contribution in [0, 0.1) is 83.4 Å². The molecule has 90 heavy (non-hydrogen) atoms. The fourth-order valence-corrected chi connectivity index (χ4v) is 14.1. The summed E-state index contributed by atoms with van der Waals surface area (Å²) in [6, 6.07) is 22.1. The molecule has 3 saturated heterocycles. The molecule has 0 N–H and O–H groups in total. The second kappa shape index (κ2) is 41.4. The van der Waals surface area contributed by atoms with Gasteiger partial charge in [0, 0.05) is 29.6 Å². The van der Waals surface area contributed by atoms with E-state index in [1.54, 1.807) is 24.3 Å². The van der Waals surface area contributed by atoms with Crippen LogP contribution in [0.2, 0.25) is 0 Å². The third-order valence-electron chi connectivity index (χ3n) is 19.4. The third kappa shape index (κ3) is 26.6. The van der Waals surface area contributed by atoms with Gasteiger partial charge in [0.25, 0.3) is 0 Å². The second-order valence-electron chi connectivity index (χ2n) is 26.1. The highest BCUT2D eigenvalue weighted by molar-refractivity contribution is 5.55. The van der Waals surface area contributed by atoms with E-state index in [0.29, 0.717) is 53.9 Å². The van der Waals surface area contributed by atoms with E-state index in [1.165, 1.54) is 108 Å². The first-order chi connectivity index (χ1) is 43.6. The zero-order chi connectivity index (χ0) is 64.6. The normalized spacial score (nSPS) is 26.8. The van der Waals surface area contributed by atoms with Gasteiger partial charge in [-0.3, -0.25) is 0 Å². The molecule has 3 saturated carbocycles. The molecule has 0 amide bonds. The number of ether oxygens (including phenoxy) is 6. The summed E-state index contributed by atoms with van der Waals surface area (Å²) >= 11 is 0. The zero-order valence-corrected chi connectivity index (χ0v) is 54.0. The van der Waals surface area contributed by atoms with Crippen molar-refractivity contribution in [2.75, 3.05) is 46.6 Å². The van der Waals surface area contributed by atoms with Crippen molar-refractivity contribution in [1.29, 1.82) is 0 Å². The summed E-state index contributed by atoms with van der Waals surface area (Å²) in [5.74, 6) is 3.65. The largest absolute Gasteiger partial charge is 0.483 e. The molecular formula is C74H103F9O7. The van der Waals surface area contributed by atoms with Gasteiger partial charge in [0.2, 0.25) is 6.93 Å². The Morgan fingerprint density at radius 1 is 0.433 bits per heavy atom. The monoisotopic (exact) mass is 1270 g/mol. The van der Waals surface area contributed by atoms with E-state index in [0.717, 1.165) is 156 Å². The first-order valence-electron chi connectivity index (χ1n) is 34.0. The van der Waals surface area contributed by atoms with Crippen LogP contribution in [0.25, 0.3) is 0 Å². The molecule has 504 valence electrons. The molecule has 6 fully saturated rings. The predicted octanol–water partition coefficient (Wildman–Crippen LogP) is 20.7. The van der Waals surface area contributed by atoms with Crippen molar-refractivity contribution in [3.8, 4) is 0 Å². The molecule has 0 bridgehead atoms. The summed E-state index contributed by atoms with van der Waals surface area (Å²) in [6.07, 6.45) is 26.1. The van der Waals surface area contributed by atoms with Crippen LogP contribution in [0.15, 0.2) is 78.9 Å². The highest BCUT2D eigenvalue weighted by Crippen LogP contribution is 2.42. The Kier molecular flexibility index (Phi) is 34.4. The lowest BCUT2D eigenvalue weighted by atomic mass is 9.74. The Morgan fingerprint density at radius 2 is 0.933 bits per heavy atom. The molecule has 6 aliphatic rings. The molecule has 10 rings (SSSR count). The fraction of sp³-hybridized carbons (Fsp3) is 0.662. The van der Waals surface area contributed by atoms with Gasteiger partial charge in [-0.2, -0.15) is 0 Å². The van der Waals surface area contributed by atoms with Crippen molar-refractivity contribution < 1.29 is 72.7 Å². The maximum atomic E-state index is 14.7. The quantitative estimate of drug-likeness (QED) is 0.0467. The number of carbonyl (C=O) groups is 1. The molecule has 3 heterocycles. The standard InChI is InChI=1S/C28H43FO2.C27H34F2O2.C17H24F2O2.CF2O.CH2F2/c1-3-4-21-9-13-24(14-10-21)26-18-30-28(31-19-26)25-15-11-22(12-16-25)7-8-23-6-5-20(2)27(29)17-23;1-2-4-20-17-30-27(31-18-20)23-12-9-21(10-13-23)24-14-11-22(26(29)16-24)8-7-19-5-3-6-25(28)15-19;1-2-5-14-11-20-17(21-12-14)7-4-3-6-13-8-9-15(18)16(19)10-13;2-1(3)4;2-1-3/h5-6,17,21-22,24-26,28H,3-4,7-16,18-19H2,1-2H3;3,5-6,11,14-16,20-21,23,27H,2,4,7-10,12-13,17-18H2,1H3;8-10,14,17H,2-7,11-12H2,1H3;;1H2. The van der Waals surface area contributed by atoms with Crippen LogP contribution in [0.1, 0.15) is 201 Å². The van der Waals surface area contributed by atoms with E-state index < -0.39 is 24.9 Å². The average molecular weight is 1280 g/mol. The lowest BCUT2D eigenvalue weighted by Crippen LogP contribution is -2.41. The Bertz CT molecular complexity index is 2590. The first-order valence-corrected chi connectivity index (χ1v) is 34.0. The Morgan fingerprint density at radius 3 is 1.49 bits per heavy atom. The molecule has 0 unspecified atom stereocenters. The van der Waals surface area contributed by atoms with Crippen molar-refractivity contribution in [1.82, 2.24) is 0 Å². The van der Waals surface area contributed by atoms with Crippen molar-refractivity contribution in [2.45, 2.75) is 219 Å². The van der Waals surface area contributed by atoms with Gasteiger partial charge in [-0.25, -0.2) is 35.5 Å². The lowest BCUT2D eigenvalue weighted by Gasteiger charge is -2.41. The van der Waals surface area contributed by atoms with Crippen LogP contribution in [-0.4, -0.2) is 71.7 Å². The maximum Gasteiger partial charge on any atom is 0.483 e. The van der Waals surface area contributed by atoms with E-state index in [9.17, 15) is 39.5 Å². The van der Waals surface area contributed by atoms with Gasteiger partial charge >= 0.3 is 6.29 Å². The number of alkyl halides is 2. The lowest BCUT2D eigenvalue weighted by molar-refractivity contribution is -0.237. The van der Waals surface area contributed by atoms with Gasteiger partial charge in [-0.1, -0.05) is 102 Å². The maximum absolute atomic E-state index is 14.7. The van der Waals surface area contributed by atoms with Gasteiger partial charge in [0.05, 0.1) is 39.6 Å². The zero-order valence-electron chi connectivity index (χ0n) is 54.0. The van der Waals surface area contributed by atoms with Crippen molar-refractivity contribution in [3.63, 3.8) is 0 Å². The Hall–Kier alpha value is -4.32. The summed E-state index contributed by atoms with van der Waals surface area (Å²) in [7, 11) is 0. The summed E-state index contributed by atoms with van der Waals surface area (Å²) in [6.45, 7) is 11.8. The Labute approximate surface area is 531 Å². The smallest absolute Gasteiger partial charge is 0.352 e. The summed E-state index contributed by atoms with van der Waals surface area (Å²) in [5, 5.41) is 0. The molecule has 0 atom stereocenters. The van der Waals surface area contributed by atoms with Gasteiger partial charge in [-0.05, 0) is 229 Å². The molecule has 0 radical (unpaired) electrons. The summed E-state index contributed by atoms with van der Waals surface area (Å²) in [5.41, 5.74) is 5.41. The van der Waals surface area contributed by atoms with Gasteiger partial charge in [0.15, 0.2) is 30.5 Å². The number of rotatable bonds is 21. The molecule has 0 spiro atoms. The first kappa shape index (κ1) is 74.7. The van der Waals surface area contributed by atoms with Gasteiger partial charge in [-0.15, -0.1) is 8.78 Å². The molecular weight excluding hydrogens is 1170 g/mol. The minimum atomic E-state index is -2.83. The Balaban J connectivity index is 0.000000208. The molecule has 16 heteroatoms. The van der Waals surface area contributed by atoms with E-state index in [-0.39, 0.29) is 36.3 Å². The fourth-order valence-electron chi connectivity index (χ4n) is 14.1. The van der Waals surface area contributed by atoms with Crippen LogP contribution in [0.4, 0.5) is 44.3 Å². The number of halogens is 9. The van der Waals surface area contributed by atoms with E-state index >= 15 is 0 Å². The van der Waals surface area contributed by atoms with E-state index in [2.05, 4.69) is 32.9 Å².